The first-order valence-electron chi connectivity index (χ1n) is 5.70. The number of benzene rings is 1. The van der Waals surface area contributed by atoms with Crippen LogP contribution in [0.25, 0.3) is 16.3 Å². The maximum absolute atomic E-state index is 5.84. The first-order chi connectivity index (χ1) is 8.66. The predicted octanol–water partition coefficient (Wildman–Crippen LogP) is 2.18. The van der Waals surface area contributed by atoms with E-state index in [0.29, 0.717) is 0 Å². The van der Waals surface area contributed by atoms with E-state index in [4.69, 9.17) is 5.73 Å². The third-order valence-corrected chi connectivity index (χ3v) is 3.88. The lowest BCUT2D eigenvalue weighted by atomic mass is 10.1. The molecule has 0 bridgehead atoms. The van der Waals surface area contributed by atoms with Crippen molar-refractivity contribution in [2.45, 2.75) is 19.9 Å². The van der Waals surface area contributed by atoms with Crippen LogP contribution in [0.2, 0.25) is 0 Å². The zero-order chi connectivity index (χ0) is 12.7. The normalized spacial score (nSPS) is 13.1. The highest BCUT2D eigenvalue weighted by Gasteiger charge is 2.15. The molecule has 1 unspecified atom stereocenters. The van der Waals surface area contributed by atoms with Crippen LogP contribution in [0.15, 0.2) is 24.3 Å². The highest BCUT2D eigenvalue weighted by Crippen LogP contribution is 2.25. The van der Waals surface area contributed by atoms with Gasteiger partial charge in [-0.3, -0.25) is 0 Å². The lowest BCUT2D eigenvalue weighted by Gasteiger charge is -2.01. The summed E-state index contributed by atoms with van der Waals surface area (Å²) in [6.07, 6.45) is 0. The van der Waals surface area contributed by atoms with Gasteiger partial charge in [-0.05, 0) is 19.4 Å². The summed E-state index contributed by atoms with van der Waals surface area (Å²) in [5.41, 5.74) is 8.04. The Bertz CT molecular complexity index is 697. The van der Waals surface area contributed by atoms with E-state index in [1.165, 1.54) is 11.3 Å². The molecule has 0 saturated heterocycles. The van der Waals surface area contributed by atoms with Crippen molar-refractivity contribution in [3.63, 3.8) is 0 Å². The van der Waals surface area contributed by atoms with Gasteiger partial charge in [-0.1, -0.05) is 35.6 Å². The van der Waals surface area contributed by atoms with Crippen LogP contribution in [0, 0.1) is 6.92 Å². The van der Waals surface area contributed by atoms with Gasteiger partial charge in [0.05, 0.1) is 6.04 Å². The highest BCUT2D eigenvalue weighted by molar-refractivity contribution is 7.16. The molecule has 0 aliphatic heterocycles. The quantitative estimate of drug-likeness (QED) is 0.766. The van der Waals surface area contributed by atoms with Gasteiger partial charge < -0.3 is 5.73 Å². The first kappa shape index (κ1) is 11.3. The second kappa shape index (κ2) is 4.15. The molecule has 0 fully saturated rings. The van der Waals surface area contributed by atoms with E-state index in [0.717, 1.165) is 26.9 Å². The Morgan fingerprint density at radius 3 is 2.78 bits per heavy atom. The molecule has 2 aromatic heterocycles. The van der Waals surface area contributed by atoms with Gasteiger partial charge in [0.2, 0.25) is 4.96 Å². The van der Waals surface area contributed by atoms with E-state index in [1.807, 2.05) is 25.1 Å². The summed E-state index contributed by atoms with van der Waals surface area (Å²) in [5, 5.41) is 13.7. The van der Waals surface area contributed by atoms with Crippen molar-refractivity contribution in [3.8, 4) is 11.4 Å². The molecule has 1 atom stereocenters. The topological polar surface area (TPSA) is 69.1 Å². The lowest BCUT2D eigenvalue weighted by Crippen LogP contribution is -2.05. The van der Waals surface area contributed by atoms with Crippen molar-refractivity contribution in [3.05, 3.63) is 34.8 Å². The minimum atomic E-state index is -0.0820. The highest BCUT2D eigenvalue weighted by atomic mass is 32.1. The van der Waals surface area contributed by atoms with Crippen molar-refractivity contribution in [2.24, 2.45) is 5.73 Å². The van der Waals surface area contributed by atoms with Gasteiger partial charge in [-0.2, -0.15) is 9.61 Å². The number of rotatable bonds is 2. The summed E-state index contributed by atoms with van der Waals surface area (Å²) in [5.74, 6) is 0.770. The number of hydrogen-bond acceptors (Lipinski definition) is 5. The summed E-state index contributed by atoms with van der Waals surface area (Å²) < 4.78 is 1.77. The second-order valence-corrected chi connectivity index (χ2v) is 5.25. The van der Waals surface area contributed by atoms with E-state index < -0.39 is 0 Å². The number of aryl methyl sites for hydroxylation is 1. The van der Waals surface area contributed by atoms with Crippen molar-refractivity contribution in [2.75, 3.05) is 0 Å². The Morgan fingerprint density at radius 2 is 2.06 bits per heavy atom. The Hall–Kier alpha value is -1.79. The predicted molar refractivity (Wildman–Crippen MR) is 71.4 cm³/mol. The molecule has 0 aliphatic carbocycles. The molecule has 2 heterocycles. The van der Waals surface area contributed by atoms with Crippen molar-refractivity contribution in [1.82, 2.24) is 19.8 Å². The molecular weight excluding hydrogens is 246 g/mol. The zero-order valence-corrected chi connectivity index (χ0v) is 11.0. The fraction of sp³-hybridized carbons (Fsp3) is 0.250. The molecule has 5 nitrogen and oxygen atoms in total. The SMILES string of the molecule is Cc1ccccc1-c1nnc2sc(C(C)N)nn12. The molecule has 6 heteroatoms. The first-order valence-corrected chi connectivity index (χ1v) is 6.52. The van der Waals surface area contributed by atoms with Crippen molar-refractivity contribution in [1.29, 1.82) is 0 Å². The van der Waals surface area contributed by atoms with Crippen molar-refractivity contribution < 1.29 is 0 Å². The zero-order valence-electron chi connectivity index (χ0n) is 10.2. The average molecular weight is 259 g/mol. The molecule has 0 saturated carbocycles. The Morgan fingerprint density at radius 1 is 1.28 bits per heavy atom. The molecule has 3 rings (SSSR count). The number of hydrogen-bond donors (Lipinski definition) is 1. The molecule has 0 spiro atoms. The van der Waals surface area contributed by atoms with Crippen LogP contribution >= 0.6 is 11.3 Å². The average Bonchev–Trinajstić information content (AvgIpc) is 2.89. The fourth-order valence-electron chi connectivity index (χ4n) is 1.81. The summed E-state index contributed by atoms with van der Waals surface area (Å²) >= 11 is 1.48. The standard InChI is InChI=1S/C12H13N5S/c1-7-5-3-4-6-9(7)10-14-15-12-17(10)16-11(18-12)8(2)13/h3-6,8H,13H2,1-2H3. The van der Waals surface area contributed by atoms with Crippen LogP contribution in [0.5, 0.6) is 0 Å². The van der Waals surface area contributed by atoms with Gasteiger partial charge in [0.1, 0.15) is 5.01 Å². The Kier molecular flexibility index (Phi) is 2.61. The van der Waals surface area contributed by atoms with E-state index in [9.17, 15) is 0 Å². The summed E-state index contributed by atoms with van der Waals surface area (Å²) in [6.45, 7) is 3.97. The second-order valence-electron chi connectivity index (χ2n) is 4.26. The number of fused-ring (bicyclic) bond motifs is 1. The molecular formula is C12H13N5S. The lowest BCUT2D eigenvalue weighted by molar-refractivity contribution is 0.769. The minimum Gasteiger partial charge on any atom is -0.322 e. The molecule has 3 aromatic rings. The fourth-order valence-corrected chi connectivity index (χ4v) is 2.60. The number of nitrogens with two attached hydrogens (primary N) is 1. The van der Waals surface area contributed by atoms with E-state index in [2.05, 4.69) is 28.3 Å². The van der Waals surface area contributed by atoms with Gasteiger partial charge in [0.15, 0.2) is 5.82 Å². The number of nitrogens with zero attached hydrogens (tertiary/aromatic N) is 4. The van der Waals surface area contributed by atoms with E-state index >= 15 is 0 Å². The van der Waals surface area contributed by atoms with Crippen LogP contribution in [-0.2, 0) is 0 Å². The minimum absolute atomic E-state index is 0.0820. The van der Waals surface area contributed by atoms with Gasteiger partial charge >= 0.3 is 0 Å². The van der Waals surface area contributed by atoms with E-state index in [1.54, 1.807) is 4.52 Å². The molecule has 0 amide bonds. The third kappa shape index (κ3) is 1.70. The van der Waals surface area contributed by atoms with Crippen LogP contribution in [0.3, 0.4) is 0 Å². The van der Waals surface area contributed by atoms with Crippen LogP contribution in [-0.4, -0.2) is 19.8 Å². The Balaban J connectivity index is 2.21. The summed E-state index contributed by atoms with van der Waals surface area (Å²) in [6, 6.07) is 7.99. The van der Waals surface area contributed by atoms with Crippen LogP contribution in [0.1, 0.15) is 23.5 Å². The molecule has 2 N–H and O–H groups in total. The molecule has 18 heavy (non-hydrogen) atoms. The molecule has 92 valence electrons. The molecule has 0 aliphatic rings. The Labute approximate surface area is 108 Å². The molecule has 1 aromatic carbocycles. The maximum Gasteiger partial charge on any atom is 0.235 e. The van der Waals surface area contributed by atoms with E-state index in [-0.39, 0.29) is 6.04 Å². The largest absolute Gasteiger partial charge is 0.322 e. The van der Waals surface area contributed by atoms with Crippen molar-refractivity contribution >= 4 is 16.3 Å². The van der Waals surface area contributed by atoms with Gasteiger partial charge in [-0.15, -0.1) is 10.2 Å². The summed E-state index contributed by atoms with van der Waals surface area (Å²) in [7, 11) is 0. The van der Waals surface area contributed by atoms with Gasteiger partial charge in [-0.25, -0.2) is 0 Å². The monoisotopic (exact) mass is 259 g/mol. The van der Waals surface area contributed by atoms with Crippen LogP contribution < -0.4 is 5.73 Å². The maximum atomic E-state index is 5.84. The third-order valence-electron chi connectivity index (χ3n) is 2.78. The van der Waals surface area contributed by atoms with Crippen LogP contribution in [0.4, 0.5) is 0 Å². The molecule has 0 radical (unpaired) electrons. The smallest absolute Gasteiger partial charge is 0.235 e. The number of aromatic nitrogens is 4. The van der Waals surface area contributed by atoms with Gasteiger partial charge in [0.25, 0.3) is 0 Å². The van der Waals surface area contributed by atoms with Gasteiger partial charge in [0, 0.05) is 5.56 Å². The summed E-state index contributed by atoms with van der Waals surface area (Å²) in [4.78, 5) is 0.778.